The molecule has 0 bridgehead atoms. The van der Waals surface area contributed by atoms with Crippen LogP contribution in [0.1, 0.15) is 24.2 Å². The van der Waals surface area contributed by atoms with Crippen molar-refractivity contribution in [2.24, 2.45) is 0 Å². The Kier molecular flexibility index (Phi) is 3.27. The number of hydrogen-bond donors (Lipinski definition) is 1. The lowest BCUT2D eigenvalue weighted by Crippen LogP contribution is -1.98. The molecule has 1 atom stereocenters. The van der Waals surface area contributed by atoms with E-state index in [1.165, 1.54) is 0 Å². The number of rotatable bonds is 4. The fourth-order valence-corrected chi connectivity index (χ4v) is 1.54. The minimum absolute atomic E-state index is 0.642. The zero-order valence-electron chi connectivity index (χ0n) is 9.09. The van der Waals surface area contributed by atoms with Crippen LogP contribution >= 0.6 is 0 Å². The first-order valence-corrected chi connectivity index (χ1v) is 5.24. The fraction of sp³-hybridized carbons (Fsp3) is 0.231. The zero-order valence-corrected chi connectivity index (χ0v) is 9.09. The van der Waals surface area contributed by atoms with Gasteiger partial charge < -0.3 is 14.3 Å². The van der Waals surface area contributed by atoms with Crippen molar-refractivity contribution >= 4 is 0 Å². The summed E-state index contributed by atoms with van der Waals surface area (Å²) in [5.41, 5.74) is 1.58. The Morgan fingerprint density at radius 1 is 1.19 bits per heavy atom. The highest BCUT2D eigenvalue weighted by Crippen LogP contribution is 2.24. The third-order valence-corrected chi connectivity index (χ3v) is 2.37. The molecule has 0 fully saturated rings. The van der Waals surface area contributed by atoms with Crippen LogP contribution in [0.15, 0.2) is 47.3 Å². The van der Waals surface area contributed by atoms with Crippen LogP contribution in [0.4, 0.5) is 0 Å². The molecule has 0 aliphatic carbocycles. The largest absolute Gasteiger partial charge is 0.494 e. The smallest absolute Gasteiger partial charge is 0.119 e. The van der Waals surface area contributed by atoms with E-state index in [0.29, 0.717) is 6.61 Å². The number of hydrogen-bond acceptors (Lipinski definition) is 3. The average Bonchev–Trinajstić information content (AvgIpc) is 2.83. The van der Waals surface area contributed by atoms with Crippen LogP contribution in [-0.4, -0.2) is 11.7 Å². The third-order valence-electron chi connectivity index (χ3n) is 2.37. The highest BCUT2D eigenvalue weighted by molar-refractivity contribution is 5.32. The maximum Gasteiger partial charge on any atom is 0.119 e. The first-order chi connectivity index (χ1) is 7.81. The van der Waals surface area contributed by atoms with Gasteiger partial charge >= 0.3 is 0 Å². The van der Waals surface area contributed by atoms with Crippen molar-refractivity contribution in [3.63, 3.8) is 0 Å². The fourth-order valence-electron chi connectivity index (χ4n) is 1.54. The normalized spacial score (nSPS) is 12.4. The van der Waals surface area contributed by atoms with Gasteiger partial charge in [0, 0.05) is 5.56 Å². The summed E-state index contributed by atoms with van der Waals surface area (Å²) >= 11 is 0. The second-order valence-corrected chi connectivity index (χ2v) is 3.46. The monoisotopic (exact) mass is 218 g/mol. The highest BCUT2D eigenvalue weighted by atomic mass is 16.5. The van der Waals surface area contributed by atoms with E-state index in [0.717, 1.165) is 16.9 Å². The second kappa shape index (κ2) is 4.86. The molecule has 3 heteroatoms. The van der Waals surface area contributed by atoms with Gasteiger partial charge in [-0.2, -0.15) is 0 Å². The van der Waals surface area contributed by atoms with E-state index < -0.39 is 6.10 Å². The van der Waals surface area contributed by atoms with Crippen molar-refractivity contribution < 1.29 is 14.3 Å². The minimum atomic E-state index is -0.644. The molecule has 0 aliphatic heterocycles. The summed E-state index contributed by atoms with van der Waals surface area (Å²) in [6.07, 6.45) is 2.45. The number of ether oxygens (including phenoxy) is 1. The van der Waals surface area contributed by atoms with Gasteiger partial charge in [0.1, 0.15) is 11.9 Å². The van der Waals surface area contributed by atoms with Gasteiger partial charge in [-0.1, -0.05) is 12.1 Å². The predicted molar refractivity (Wildman–Crippen MR) is 60.4 cm³/mol. The van der Waals surface area contributed by atoms with E-state index in [-0.39, 0.29) is 0 Å². The average molecular weight is 218 g/mol. The lowest BCUT2D eigenvalue weighted by atomic mass is 10.0. The van der Waals surface area contributed by atoms with Crippen molar-refractivity contribution in [1.29, 1.82) is 0 Å². The molecule has 0 radical (unpaired) electrons. The van der Waals surface area contributed by atoms with Crippen molar-refractivity contribution in [2.45, 2.75) is 13.0 Å². The molecule has 1 aromatic carbocycles. The molecule has 2 aromatic rings. The van der Waals surface area contributed by atoms with E-state index in [1.807, 2.05) is 31.2 Å². The van der Waals surface area contributed by atoms with Gasteiger partial charge in [-0.05, 0) is 30.7 Å². The Hall–Kier alpha value is -1.74. The van der Waals surface area contributed by atoms with Gasteiger partial charge in [-0.25, -0.2) is 0 Å². The van der Waals surface area contributed by atoms with E-state index in [1.54, 1.807) is 18.6 Å². The molecule has 1 aromatic heterocycles. The molecule has 16 heavy (non-hydrogen) atoms. The van der Waals surface area contributed by atoms with Crippen LogP contribution < -0.4 is 4.74 Å². The van der Waals surface area contributed by atoms with Crippen molar-refractivity contribution in [2.75, 3.05) is 6.61 Å². The first-order valence-electron chi connectivity index (χ1n) is 5.24. The number of benzene rings is 1. The number of aliphatic hydroxyl groups is 1. The number of aliphatic hydroxyl groups excluding tert-OH is 1. The Morgan fingerprint density at radius 2 is 1.94 bits per heavy atom. The molecular formula is C13H14O3. The Morgan fingerprint density at radius 3 is 2.50 bits per heavy atom. The van der Waals surface area contributed by atoms with Gasteiger partial charge in [-0.15, -0.1) is 0 Å². The van der Waals surface area contributed by atoms with E-state index >= 15 is 0 Å². The lowest BCUT2D eigenvalue weighted by Gasteiger charge is -2.09. The lowest BCUT2D eigenvalue weighted by molar-refractivity contribution is 0.219. The van der Waals surface area contributed by atoms with E-state index in [2.05, 4.69) is 0 Å². The van der Waals surface area contributed by atoms with Gasteiger partial charge in [0.2, 0.25) is 0 Å². The van der Waals surface area contributed by atoms with Crippen molar-refractivity contribution in [3.05, 3.63) is 54.0 Å². The molecule has 0 saturated heterocycles. The van der Waals surface area contributed by atoms with Gasteiger partial charge in [0.25, 0.3) is 0 Å². The van der Waals surface area contributed by atoms with Crippen molar-refractivity contribution in [1.82, 2.24) is 0 Å². The van der Waals surface area contributed by atoms with Crippen LogP contribution in [0.2, 0.25) is 0 Å². The SMILES string of the molecule is CCOc1ccc(C(O)c2ccoc2)cc1. The van der Waals surface area contributed by atoms with Crippen LogP contribution in [0.25, 0.3) is 0 Å². The maximum absolute atomic E-state index is 10.0. The Labute approximate surface area is 94.3 Å². The van der Waals surface area contributed by atoms with E-state index in [9.17, 15) is 5.11 Å². The minimum Gasteiger partial charge on any atom is -0.494 e. The zero-order chi connectivity index (χ0) is 11.4. The summed E-state index contributed by atoms with van der Waals surface area (Å²) < 4.78 is 10.3. The molecule has 1 unspecified atom stereocenters. The van der Waals surface area contributed by atoms with E-state index in [4.69, 9.17) is 9.15 Å². The summed E-state index contributed by atoms with van der Waals surface area (Å²) in [5, 5.41) is 10.0. The second-order valence-electron chi connectivity index (χ2n) is 3.46. The molecule has 84 valence electrons. The van der Waals surface area contributed by atoms with Crippen LogP contribution in [0.3, 0.4) is 0 Å². The predicted octanol–water partition coefficient (Wildman–Crippen LogP) is 2.76. The molecule has 1 heterocycles. The first kappa shape index (κ1) is 10.8. The van der Waals surface area contributed by atoms with Gasteiger partial charge in [0.05, 0.1) is 19.1 Å². The summed E-state index contributed by atoms with van der Waals surface area (Å²) in [6, 6.07) is 9.15. The van der Waals surface area contributed by atoms with Crippen LogP contribution in [-0.2, 0) is 0 Å². The van der Waals surface area contributed by atoms with Gasteiger partial charge in [0.15, 0.2) is 0 Å². The maximum atomic E-state index is 10.0. The summed E-state index contributed by atoms with van der Waals surface area (Å²) in [6.45, 7) is 2.58. The molecule has 0 aliphatic rings. The molecule has 2 rings (SSSR count). The van der Waals surface area contributed by atoms with Gasteiger partial charge in [-0.3, -0.25) is 0 Å². The summed E-state index contributed by atoms with van der Waals surface area (Å²) in [4.78, 5) is 0. The summed E-state index contributed by atoms with van der Waals surface area (Å²) in [5.74, 6) is 0.811. The molecule has 3 nitrogen and oxygen atoms in total. The molecule has 0 amide bonds. The number of furan rings is 1. The standard InChI is InChI=1S/C13H14O3/c1-2-16-12-5-3-10(4-6-12)13(14)11-7-8-15-9-11/h3-9,13-14H,2H2,1H3. The van der Waals surface area contributed by atoms with Crippen LogP contribution in [0, 0.1) is 0 Å². The summed E-state index contributed by atoms with van der Waals surface area (Å²) in [7, 11) is 0. The molecule has 0 saturated carbocycles. The topological polar surface area (TPSA) is 42.6 Å². The third kappa shape index (κ3) is 2.25. The quantitative estimate of drug-likeness (QED) is 0.858. The Balaban J connectivity index is 2.15. The molecule has 1 N–H and O–H groups in total. The Bertz CT molecular complexity index is 417. The molecular weight excluding hydrogens is 204 g/mol. The van der Waals surface area contributed by atoms with Crippen LogP contribution in [0.5, 0.6) is 5.75 Å². The molecule has 0 spiro atoms. The van der Waals surface area contributed by atoms with Crippen molar-refractivity contribution in [3.8, 4) is 5.75 Å². The highest BCUT2D eigenvalue weighted by Gasteiger charge is 2.11.